The van der Waals surface area contributed by atoms with Gasteiger partial charge in [0.05, 0.1) is 6.54 Å². The molecule has 1 amide bonds. The van der Waals surface area contributed by atoms with E-state index in [-0.39, 0.29) is 5.91 Å². The van der Waals surface area contributed by atoms with Gasteiger partial charge in [-0.3, -0.25) is 4.79 Å². The summed E-state index contributed by atoms with van der Waals surface area (Å²) in [6.45, 7) is 2.45. The zero-order valence-corrected chi connectivity index (χ0v) is 10.3. The van der Waals surface area contributed by atoms with Crippen molar-refractivity contribution in [3.05, 3.63) is 30.3 Å². The molecule has 0 aliphatic heterocycles. The number of carbonyl (C=O) groups is 1. The van der Waals surface area contributed by atoms with Crippen LogP contribution in [0, 0.1) is 5.92 Å². The largest absolute Gasteiger partial charge is 0.376 e. The molecule has 1 aromatic carbocycles. The number of rotatable bonds is 5. The number of benzene rings is 1. The first kappa shape index (κ1) is 12.0. The second-order valence-electron chi connectivity index (χ2n) is 4.77. The number of nitrogens with one attached hydrogen (secondary N) is 2. The van der Waals surface area contributed by atoms with Crippen molar-refractivity contribution in [1.82, 2.24) is 5.32 Å². The predicted molar refractivity (Wildman–Crippen MR) is 69.9 cm³/mol. The van der Waals surface area contributed by atoms with Crippen LogP contribution in [0.2, 0.25) is 0 Å². The van der Waals surface area contributed by atoms with Gasteiger partial charge in [0.1, 0.15) is 0 Å². The lowest BCUT2D eigenvalue weighted by atomic mass is 9.80. The van der Waals surface area contributed by atoms with E-state index in [2.05, 4.69) is 17.6 Å². The van der Waals surface area contributed by atoms with Gasteiger partial charge in [-0.25, -0.2) is 0 Å². The molecular weight excluding hydrogens is 212 g/mol. The summed E-state index contributed by atoms with van der Waals surface area (Å²) in [7, 11) is 0. The predicted octanol–water partition coefficient (Wildman–Crippen LogP) is 2.40. The number of carbonyl (C=O) groups excluding carboxylic acids is 1. The minimum absolute atomic E-state index is 0.0771. The van der Waals surface area contributed by atoms with Crippen LogP contribution in [-0.2, 0) is 4.79 Å². The van der Waals surface area contributed by atoms with Crippen molar-refractivity contribution < 1.29 is 4.79 Å². The van der Waals surface area contributed by atoms with Crippen molar-refractivity contribution in [2.45, 2.75) is 32.2 Å². The Morgan fingerprint density at radius 2 is 2.06 bits per heavy atom. The van der Waals surface area contributed by atoms with E-state index in [1.807, 2.05) is 30.3 Å². The van der Waals surface area contributed by atoms with E-state index in [1.165, 1.54) is 19.3 Å². The highest BCUT2D eigenvalue weighted by molar-refractivity contribution is 5.80. The van der Waals surface area contributed by atoms with Crippen LogP contribution in [0.5, 0.6) is 0 Å². The van der Waals surface area contributed by atoms with Crippen LogP contribution in [0.25, 0.3) is 0 Å². The summed E-state index contributed by atoms with van der Waals surface area (Å²) in [4.78, 5) is 11.7. The average molecular weight is 232 g/mol. The molecule has 0 aromatic heterocycles. The number of amides is 1. The minimum atomic E-state index is 0.0771. The summed E-state index contributed by atoms with van der Waals surface area (Å²) in [5.41, 5.74) is 0.985. The summed E-state index contributed by atoms with van der Waals surface area (Å²) in [6.07, 6.45) is 3.83. The SMILES string of the molecule is CC(NC(=O)CNc1ccccc1)C1CCC1. The number of anilines is 1. The summed E-state index contributed by atoms with van der Waals surface area (Å²) in [6, 6.07) is 10.1. The van der Waals surface area contributed by atoms with Gasteiger partial charge < -0.3 is 10.6 Å². The van der Waals surface area contributed by atoms with Crippen molar-refractivity contribution >= 4 is 11.6 Å². The van der Waals surface area contributed by atoms with Gasteiger partial charge >= 0.3 is 0 Å². The fourth-order valence-electron chi connectivity index (χ4n) is 2.10. The quantitative estimate of drug-likeness (QED) is 0.818. The van der Waals surface area contributed by atoms with Crippen molar-refractivity contribution in [3.8, 4) is 0 Å². The van der Waals surface area contributed by atoms with Crippen LogP contribution in [0.4, 0.5) is 5.69 Å². The molecule has 1 aliphatic rings. The molecule has 0 saturated heterocycles. The molecule has 1 unspecified atom stereocenters. The highest BCUT2D eigenvalue weighted by Crippen LogP contribution is 2.29. The minimum Gasteiger partial charge on any atom is -0.376 e. The van der Waals surface area contributed by atoms with Crippen LogP contribution < -0.4 is 10.6 Å². The molecular formula is C14H20N2O. The maximum atomic E-state index is 11.7. The first-order valence-electron chi connectivity index (χ1n) is 6.34. The number of hydrogen-bond donors (Lipinski definition) is 2. The van der Waals surface area contributed by atoms with E-state index in [1.54, 1.807) is 0 Å². The summed E-state index contributed by atoms with van der Waals surface area (Å²) in [5, 5.41) is 6.16. The molecule has 17 heavy (non-hydrogen) atoms. The Morgan fingerprint density at radius 1 is 1.35 bits per heavy atom. The fourth-order valence-corrected chi connectivity index (χ4v) is 2.10. The fraction of sp³-hybridized carbons (Fsp3) is 0.500. The highest BCUT2D eigenvalue weighted by Gasteiger charge is 2.24. The molecule has 0 spiro atoms. The third kappa shape index (κ3) is 3.48. The van der Waals surface area contributed by atoms with E-state index in [0.717, 1.165) is 5.69 Å². The first-order chi connectivity index (χ1) is 8.25. The van der Waals surface area contributed by atoms with Gasteiger partial charge in [0.2, 0.25) is 5.91 Å². The molecule has 3 heteroatoms. The van der Waals surface area contributed by atoms with Gasteiger partial charge in [-0.2, -0.15) is 0 Å². The summed E-state index contributed by atoms with van der Waals surface area (Å²) >= 11 is 0. The molecule has 0 heterocycles. The summed E-state index contributed by atoms with van der Waals surface area (Å²) in [5.74, 6) is 0.768. The van der Waals surface area contributed by atoms with Crippen LogP contribution in [-0.4, -0.2) is 18.5 Å². The van der Waals surface area contributed by atoms with E-state index in [0.29, 0.717) is 18.5 Å². The van der Waals surface area contributed by atoms with Crippen LogP contribution in [0.3, 0.4) is 0 Å². The van der Waals surface area contributed by atoms with Gasteiger partial charge in [0, 0.05) is 11.7 Å². The Bertz CT molecular complexity index is 360. The van der Waals surface area contributed by atoms with E-state index >= 15 is 0 Å². The number of hydrogen-bond acceptors (Lipinski definition) is 2. The Hall–Kier alpha value is -1.51. The van der Waals surface area contributed by atoms with Crippen molar-refractivity contribution in [3.63, 3.8) is 0 Å². The molecule has 2 N–H and O–H groups in total. The van der Waals surface area contributed by atoms with Crippen molar-refractivity contribution in [1.29, 1.82) is 0 Å². The van der Waals surface area contributed by atoms with Crippen LogP contribution >= 0.6 is 0 Å². The normalized spacial score (nSPS) is 17.0. The smallest absolute Gasteiger partial charge is 0.239 e. The monoisotopic (exact) mass is 232 g/mol. The van der Waals surface area contributed by atoms with E-state index < -0.39 is 0 Å². The molecule has 1 atom stereocenters. The Kier molecular flexibility index (Phi) is 4.02. The zero-order valence-electron chi connectivity index (χ0n) is 10.3. The lowest BCUT2D eigenvalue weighted by Crippen LogP contribution is -2.43. The molecule has 1 saturated carbocycles. The molecule has 92 valence electrons. The summed E-state index contributed by atoms with van der Waals surface area (Å²) < 4.78 is 0. The molecule has 1 fully saturated rings. The lowest BCUT2D eigenvalue weighted by molar-refractivity contribution is -0.120. The molecule has 1 aromatic rings. The van der Waals surface area contributed by atoms with Gasteiger partial charge in [0.25, 0.3) is 0 Å². The van der Waals surface area contributed by atoms with Crippen LogP contribution in [0.1, 0.15) is 26.2 Å². The maximum absolute atomic E-state index is 11.7. The lowest BCUT2D eigenvalue weighted by Gasteiger charge is -2.31. The Labute approximate surface area is 103 Å². The van der Waals surface area contributed by atoms with Crippen molar-refractivity contribution in [2.75, 3.05) is 11.9 Å². The highest BCUT2D eigenvalue weighted by atomic mass is 16.1. The Balaban J connectivity index is 1.70. The zero-order chi connectivity index (χ0) is 12.1. The molecule has 1 aliphatic carbocycles. The van der Waals surface area contributed by atoms with E-state index in [4.69, 9.17) is 0 Å². The molecule has 0 radical (unpaired) electrons. The first-order valence-corrected chi connectivity index (χ1v) is 6.34. The van der Waals surface area contributed by atoms with Gasteiger partial charge in [-0.15, -0.1) is 0 Å². The second-order valence-corrected chi connectivity index (χ2v) is 4.77. The van der Waals surface area contributed by atoms with Crippen LogP contribution in [0.15, 0.2) is 30.3 Å². The molecule has 3 nitrogen and oxygen atoms in total. The average Bonchev–Trinajstić information content (AvgIpc) is 2.25. The second kappa shape index (κ2) is 5.71. The topological polar surface area (TPSA) is 41.1 Å². The maximum Gasteiger partial charge on any atom is 0.239 e. The van der Waals surface area contributed by atoms with E-state index in [9.17, 15) is 4.79 Å². The van der Waals surface area contributed by atoms with Gasteiger partial charge in [-0.05, 0) is 37.8 Å². The third-order valence-corrected chi connectivity index (χ3v) is 3.47. The third-order valence-electron chi connectivity index (χ3n) is 3.47. The van der Waals surface area contributed by atoms with Crippen molar-refractivity contribution in [2.24, 2.45) is 5.92 Å². The van der Waals surface area contributed by atoms with Gasteiger partial charge in [-0.1, -0.05) is 24.6 Å². The molecule has 2 rings (SSSR count). The van der Waals surface area contributed by atoms with Gasteiger partial charge in [0.15, 0.2) is 0 Å². The number of para-hydroxylation sites is 1. The Morgan fingerprint density at radius 3 is 2.65 bits per heavy atom. The molecule has 0 bridgehead atoms. The standard InChI is InChI=1S/C14H20N2O/c1-11(12-6-5-7-12)16-14(17)10-15-13-8-3-2-4-9-13/h2-4,8-9,11-12,15H,5-7,10H2,1H3,(H,16,17).